The highest BCUT2D eigenvalue weighted by Gasteiger charge is 2.04. The molecule has 1 radical (unpaired) electrons. The van der Waals surface area contributed by atoms with E-state index in [1.807, 2.05) is 0 Å². The van der Waals surface area contributed by atoms with Crippen LogP contribution >= 0.6 is 11.8 Å². The van der Waals surface area contributed by atoms with Crippen LogP contribution in [0.4, 0.5) is 0 Å². The maximum Gasteiger partial charge on any atom is 0.217 e. The third kappa shape index (κ3) is 6.30. The van der Waals surface area contributed by atoms with Crippen LogP contribution in [0.1, 0.15) is 0 Å². The standard InChI is InChI=1S/C6H12NO3S/c7-5(1-8)3-11-4-6(10)2-9/h5-6,9-10H,2-4,7H2/t5-,6?/m1/s1. The van der Waals surface area contributed by atoms with E-state index in [1.54, 1.807) is 6.29 Å². The summed E-state index contributed by atoms with van der Waals surface area (Å²) in [5.41, 5.74) is 5.21. The minimum absolute atomic E-state index is 0.257. The Morgan fingerprint density at radius 3 is 2.64 bits per heavy atom. The van der Waals surface area contributed by atoms with E-state index in [-0.39, 0.29) is 6.61 Å². The Labute approximate surface area is 69.8 Å². The van der Waals surface area contributed by atoms with Gasteiger partial charge in [0.25, 0.3) is 0 Å². The van der Waals surface area contributed by atoms with Crippen LogP contribution in [0.25, 0.3) is 0 Å². The van der Waals surface area contributed by atoms with Crippen LogP contribution < -0.4 is 5.73 Å². The van der Waals surface area contributed by atoms with Gasteiger partial charge in [-0.15, -0.1) is 0 Å². The molecule has 4 N–H and O–H groups in total. The Morgan fingerprint density at radius 2 is 2.18 bits per heavy atom. The minimum Gasteiger partial charge on any atom is -0.394 e. The molecule has 0 rings (SSSR count). The summed E-state index contributed by atoms with van der Waals surface area (Å²) in [6.07, 6.45) is 0.896. The number of aliphatic hydroxyl groups excluding tert-OH is 2. The van der Waals surface area contributed by atoms with Gasteiger partial charge in [0.05, 0.1) is 18.8 Å². The molecule has 0 amide bonds. The lowest BCUT2D eigenvalue weighted by Crippen LogP contribution is -2.25. The molecule has 1 unspecified atom stereocenters. The van der Waals surface area contributed by atoms with Gasteiger partial charge in [0.15, 0.2) is 0 Å². The summed E-state index contributed by atoms with van der Waals surface area (Å²) in [7, 11) is 0. The maximum absolute atomic E-state index is 9.87. The fourth-order valence-electron chi connectivity index (χ4n) is 0.418. The van der Waals surface area contributed by atoms with Gasteiger partial charge in [-0.1, -0.05) is 0 Å². The molecule has 0 saturated carbocycles. The third-order valence-corrected chi connectivity index (χ3v) is 2.19. The van der Waals surface area contributed by atoms with Crippen LogP contribution in [-0.2, 0) is 4.79 Å². The first-order valence-corrected chi connectivity index (χ1v) is 4.36. The summed E-state index contributed by atoms with van der Waals surface area (Å²) in [6, 6.07) is -0.592. The molecular formula is C6H12NO3S. The van der Waals surface area contributed by atoms with Gasteiger partial charge in [-0.3, -0.25) is 4.79 Å². The smallest absolute Gasteiger partial charge is 0.217 e. The molecule has 0 fully saturated rings. The third-order valence-electron chi connectivity index (χ3n) is 0.970. The van der Waals surface area contributed by atoms with Crippen molar-refractivity contribution in [3.63, 3.8) is 0 Å². The van der Waals surface area contributed by atoms with Crippen molar-refractivity contribution in [3.05, 3.63) is 0 Å². The predicted molar refractivity (Wildman–Crippen MR) is 44.1 cm³/mol. The molecule has 65 valence electrons. The average Bonchev–Trinajstić information content (AvgIpc) is 2.04. The zero-order valence-corrected chi connectivity index (χ0v) is 6.88. The molecule has 0 aromatic rings. The maximum atomic E-state index is 9.87. The molecule has 4 nitrogen and oxygen atoms in total. The molecule has 11 heavy (non-hydrogen) atoms. The first-order chi connectivity index (χ1) is 5.20. The Kier molecular flexibility index (Phi) is 6.54. The molecule has 0 aromatic carbocycles. The molecule has 0 aliphatic carbocycles. The minimum atomic E-state index is -0.723. The van der Waals surface area contributed by atoms with E-state index in [2.05, 4.69) is 0 Å². The molecule has 0 saturated heterocycles. The lowest BCUT2D eigenvalue weighted by Gasteiger charge is -2.06. The predicted octanol–water partition coefficient (Wildman–Crippen LogP) is -1.49. The van der Waals surface area contributed by atoms with E-state index in [9.17, 15) is 4.79 Å². The molecule has 0 heterocycles. The van der Waals surface area contributed by atoms with Crippen molar-refractivity contribution in [3.8, 4) is 0 Å². The van der Waals surface area contributed by atoms with Gasteiger partial charge in [0.2, 0.25) is 6.29 Å². The van der Waals surface area contributed by atoms with E-state index in [1.165, 1.54) is 11.8 Å². The number of thioether (sulfide) groups is 1. The fraction of sp³-hybridized carbons (Fsp3) is 0.833. The molecular weight excluding hydrogens is 166 g/mol. The number of hydrogen-bond acceptors (Lipinski definition) is 5. The summed E-state index contributed by atoms with van der Waals surface area (Å²) >= 11 is 1.32. The second-order valence-corrected chi connectivity index (χ2v) is 3.17. The highest BCUT2D eigenvalue weighted by atomic mass is 32.2. The number of rotatable bonds is 6. The number of carbonyl (C=O) groups excluding carboxylic acids is 1. The van der Waals surface area contributed by atoms with E-state index in [0.717, 1.165) is 0 Å². The van der Waals surface area contributed by atoms with Crippen molar-refractivity contribution in [1.29, 1.82) is 0 Å². The van der Waals surface area contributed by atoms with E-state index in [4.69, 9.17) is 15.9 Å². The highest BCUT2D eigenvalue weighted by molar-refractivity contribution is 7.99. The zero-order chi connectivity index (χ0) is 8.69. The second-order valence-electron chi connectivity index (χ2n) is 2.10. The van der Waals surface area contributed by atoms with Crippen molar-refractivity contribution < 1.29 is 15.0 Å². The molecule has 0 aliphatic rings. The van der Waals surface area contributed by atoms with Crippen LogP contribution in [-0.4, -0.2) is 46.8 Å². The first kappa shape index (κ1) is 10.9. The monoisotopic (exact) mass is 178 g/mol. The lowest BCUT2D eigenvalue weighted by atomic mass is 10.4. The normalized spacial score (nSPS) is 15.9. The fourth-order valence-corrected chi connectivity index (χ4v) is 1.25. The molecule has 2 atom stereocenters. The van der Waals surface area contributed by atoms with Gasteiger partial charge in [0.1, 0.15) is 0 Å². The van der Waals surface area contributed by atoms with Crippen molar-refractivity contribution in [1.82, 2.24) is 0 Å². The molecule has 0 aliphatic heterocycles. The first-order valence-electron chi connectivity index (χ1n) is 3.20. The average molecular weight is 178 g/mol. The summed E-state index contributed by atoms with van der Waals surface area (Å²) < 4.78 is 0. The van der Waals surface area contributed by atoms with Crippen LogP contribution in [0.3, 0.4) is 0 Å². The van der Waals surface area contributed by atoms with Gasteiger partial charge in [-0.25, -0.2) is 0 Å². The summed E-state index contributed by atoms with van der Waals surface area (Å²) in [5, 5.41) is 17.2. The van der Waals surface area contributed by atoms with Gasteiger partial charge in [-0.05, 0) is 0 Å². The SMILES string of the molecule is N[C@H]([C]=O)CSCC(O)CO. The summed E-state index contributed by atoms with van der Waals surface area (Å²) in [4.78, 5) is 9.87. The topological polar surface area (TPSA) is 83.6 Å². The van der Waals surface area contributed by atoms with E-state index < -0.39 is 12.1 Å². The Bertz CT molecular complexity index is 112. The van der Waals surface area contributed by atoms with Crippen LogP contribution in [0, 0.1) is 0 Å². The van der Waals surface area contributed by atoms with Gasteiger partial charge in [0, 0.05) is 11.5 Å². The molecule has 0 bridgehead atoms. The largest absolute Gasteiger partial charge is 0.394 e. The van der Waals surface area contributed by atoms with Crippen molar-refractivity contribution in [2.75, 3.05) is 18.1 Å². The number of aliphatic hydroxyl groups is 2. The highest BCUT2D eigenvalue weighted by Crippen LogP contribution is 2.02. The van der Waals surface area contributed by atoms with Crippen molar-refractivity contribution >= 4 is 18.0 Å². The van der Waals surface area contributed by atoms with Crippen LogP contribution in [0.2, 0.25) is 0 Å². The Balaban J connectivity index is 3.19. The quantitative estimate of drug-likeness (QED) is 0.461. The Morgan fingerprint density at radius 1 is 1.55 bits per heavy atom. The van der Waals surface area contributed by atoms with Gasteiger partial charge < -0.3 is 15.9 Å². The Hall–Kier alpha value is -0.100. The van der Waals surface area contributed by atoms with Crippen molar-refractivity contribution in [2.24, 2.45) is 5.73 Å². The number of nitrogens with two attached hydrogens (primary N) is 1. The van der Waals surface area contributed by atoms with Crippen LogP contribution in [0.5, 0.6) is 0 Å². The summed E-state index contributed by atoms with van der Waals surface area (Å²) in [6.45, 7) is -0.257. The van der Waals surface area contributed by atoms with Gasteiger partial charge >= 0.3 is 0 Å². The van der Waals surface area contributed by atoms with Crippen molar-refractivity contribution in [2.45, 2.75) is 12.1 Å². The lowest BCUT2D eigenvalue weighted by molar-refractivity contribution is 0.113. The number of hydrogen-bond donors (Lipinski definition) is 3. The second kappa shape index (κ2) is 6.60. The van der Waals surface area contributed by atoms with E-state index >= 15 is 0 Å². The van der Waals surface area contributed by atoms with Crippen LogP contribution in [0.15, 0.2) is 0 Å². The zero-order valence-electron chi connectivity index (χ0n) is 6.06. The molecule has 0 aromatic heterocycles. The molecule has 5 heteroatoms. The molecule has 0 spiro atoms. The summed E-state index contributed by atoms with van der Waals surface area (Å²) in [5.74, 6) is 0.826. The van der Waals surface area contributed by atoms with E-state index in [0.29, 0.717) is 11.5 Å². The van der Waals surface area contributed by atoms with Gasteiger partial charge in [-0.2, -0.15) is 11.8 Å².